The van der Waals surface area contributed by atoms with Gasteiger partial charge in [-0.3, -0.25) is 4.99 Å². The van der Waals surface area contributed by atoms with Crippen molar-refractivity contribution in [3.63, 3.8) is 0 Å². The zero-order valence-electron chi connectivity index (χ0n) is 10.9. The van der Waals surface area contributed by atoms with Crippen LogP contribution < -0.4 is 16.8 Å². The van der Waals surface area contributed by atoms with E-state index in [0.717, 1.165) is 5.57 Å². The Kier molecular flexibility index (Phi) is 5.28. The van der Waals surface area contributed by atoms with E-state index in [1.807, 2.05) is 25.2 Å². The number of aliphatic imine (C=N–C) groups is 1. The molecule has 0 unspecified atom stereocenters. The lowest BCUT2D eigenvalue weighted by Gasteiger charge is -2.08. The summed E-state index contributed by atoms with van der Waals surface area (Å²) < 4.78 is 0. The van der Waals surface area contributed by atoms with Crippen LogP contribution in [0.1, 0.15) is 6.92 Å². The molecule has 6 heteroatoms. The van der Waals surface area contributed by atoms with Gasteiger partial charge in [0.1, 0.15) is 5.69 Å². The largest absolute Gasteiger partial charge is 0.382 e. The van der Waals surface area contributed by atoms with Crippen molar-refractivity contribution >= 4 is 30.0 Å². The minimum absolute atomic E-state index is 0.197. The second kappa shape index (κ2) is 6.95. The van der Waals surface area contributed by atoms with Crippen LogP contribution in [-0.2, 0) is 0 Å². The average molecular weight is 258 g/mol. The Hall–Kier alpha value is -2.63. The number of nitrogen functional groups attached to an aromatic ring is 2. The second-order valence-corrected chi connectivity index (χ2v) is 3.65. The van der Waals surface area contributed by atoms with Gasteiger partial charge in [-0.2, -0.15) is 9.97 Å². The molecule has 0 radical (unpaired) electrons. The van der Waals surface area contributed by atoms with Crippen molar-refractivity contribution in [3.8, 4) is 0 Å². The Morgan fingerprint density at radius 3 is 2.47 bits per heavy atom. The third kappa shape index (κ3) is 3.95. The third-order valence-electron chi connectivity index (χ3n) is 2.31. The number of nitrogens with one attached hydrogen (secondary N) is 1. The van der Waals surface area contributed by atoms with Crippen molar-refractivity contribution in [1.82, 2.24) is 9.97 Å². The van der Waals surface area contributed by atoms with E-state index in [9.17, 15) is 0 Å². The molecular weight excluding hydrogens is 240 g/mol. The molecule has 0 aliphatic heterocycles. The fraction of sp³-hybridized carbons (Fsp3) is 0.154. The molecule has 1 aromatic heterocycles. The van der Waals surface area contributed by atoms with Gasteiger partial charge in [0.05, 0.1) is 0 Å². The lowest BCUT2D eigenvalue weighted by Crippen LogP contribution is -2.09. The molecule has 0 saturated carbocycles. The van der Waals surface area contributed by atoms with Crippen LogP contribution in [0.2, 0.25) is 0 Å². The highest BCUT2D eigenvalue weighted by Crippen LogP contribution is 2.26. The molecule has 0 bridgehead atoms. The van der Waals surface area contributed by atoms with Gasteiger partial charge in [-0.25, -0.2) is 0 Å². The van der Waals surface area contributed by atoms with Gasteiger partial charge in [-0.05, 0) is 19.2 Å². The number of hydrogen-bond acceptors (Lipinski definition) is 6. The van der Waals surface area contributed by atoms with Crippen molar-refractivity contribution in [1.29, 1.82) is 0 Å². The first-order valence-electron chi connectivity index (χ1n) is 5.70. The van der Waals surface area contributed by atoms with Crippen LogP contribution in [0.15, 0.2) is 41.4 Å². The molecule has 5 N–H and O–H groups in total. The molecule has 0 aliphatic carbocycles. The van der Waals surface area contributed by atoms with Crippen molar-refractivity contribution in [2.45, 2.75) is 6.92 Å². The quantitative estimate of drug-likeness (QED) is 0.535. The highest BCUT2D eigenvalue weighted by Gasteiger charge is 2.08. The monoisotopic (exact) mass is 258 g/mol. The zero-order valence-corrected chi connectivity index (χ0v) is 10.9. The number of aromatic nitrogens is 2. The predicted molar refractivity (Wildman–Crippen MR) is 81.6 cm³/mol. The van der Waals surface area contributed by atoms with E-state index in [4.69, 9.17) is 11.5 Å². The highest BCUT2D eigenvalue weighted by molar-refractivity contribution is 5.73. The van der Waals surface area contributed by atoms with Gasteiger partial charge in [0, 0.05) is 6.54 Å². The number of rotatable bonds is 6. The van der Waals surface area contributed by atoms with Crippen LogP contribution in [0.3, 0.4) is 0 Å². The molecule has 0 saturated heterocycles. The standard InChI is InChI=1S/C13H18N6/c1-4-6-7-9(5-2)8-17-13-18-11(14)10(16-3)12(15)19-13/h4-7H,2-3,8H2,1H3,(H5,14,15,17,18,19)/b6-4-,9-7+. The van der Waals surface area contributed by atoms with E-state index in [1.54, 1.807) is 6.08 Å². The summed E-state index contributed by atoms with van der Waals surface area (Å²) in [6.07, 6.45) is 7.54. The van der Waals surface area contributed by atoms with E-state index in [0.29, 0.717) is 18.2 Å². The van der Waals surface area contributed by atoms with E-state index in [-0.39, 0.29) is 11.6 Å². The maximum Gasteiger partial charge on any atom is 0.227 e. The topological polar surface area (TPSA) is 102 Å². The van der Waals surface area contributed by atoms with Crippen molar-refractivity contribution in [2.24, 2.45) is 4.99 Å². The number of nitrogens with two attached hydrogens (primary N) is 2. The molecular formula is C13H18N6. The number of anilines is 3. The van der Waals surface area contributed by atoms with E-state index < -0.39 is 0 Å². The Bertz CT molecular complexity index is 507. The summed E-state index contributed by atoms with van der Waals surface area (Å²) in [5.41, 5.74) is 12.7. The lowest BCUT2D eigenvalue weighted by atomic mass is 10.2. The molecule has 1 aromatic rings. The first-order chi connectivity index (χ1) is 9.12. The first-order valence-corrected chi connectivity index (χ1v) is 5.70. The van der Waals surface area contributed by atoms with Crippen LogP contribution in [0, 0.1) is 0 Å². The third-order valence-corrected chi connectivity index (χ3v) is 2.31. The second-order valence-electron chi connectivity index (χ2n) is 3.65. The Morgan fingerprint density at radius 1 is 1.37 bits per heavy atom. The van der Waals surface area contributed by atoms with Crippen molar-refractivity contribution < 1.29 is 0 Å². The van der Waals surface area contributed by atoms with Gasteiger partial charge in [0.15, 0.2) is 11.6 Å². The molecule has 6 nitrogen and oxygen atoms in total. The van der Waals surface area contributed by atoms with Crippen LogP contribution in [0.5, 0.6) is 0 Å². The number of nitrogens with zero attached hydrogens (tertiary/aromatic N) is 3. The molecule has 0 aliphatic rings. The van der Waals surface area contributed by atoms with E-state index >= 15 is 0 Å². The summed E-state index contributed by atoms with van der Waals surface area (Å²) in [5.74, 6) is 0.737. The van der Waals surface area contributed by atoms with Crippen LogP contribution in [-0.4, -0.2) is 23.2 Å². The molecule has 100 valence electrons. The Balaban J connectivity index is 2.84. The maximum atomic E-state index is 5.70. The van der Waals surface area contributed by atoms with Crippen LogP contribution in [0.4, 0.5) is 23.3 Å². The maximum absolute atomic E-state index is 5.70. The summed E-state index contributed by atoms with van der Waals surface area (Å²) in [6, 6.07) is 0. The van der Waals surface area contributed by atoms with E-state index in [1.165, 1.54) is 0 Å². The number of hydrogen-bond donors (Lipinski definition) is 3. The van der Waals surface area contributed by atoms with E-state index in [2.05, 4.69) is 33.6 Å². The predicted octanol–water partition coefficient (Wildman–Crippen LogP) is 2.07. The molecule has 1 rings (SSSR count). The van der Waals surface area contributed by atoms with Gasteiger partial charge < -0.3 is 16.8 Å². The van der Waals surface area contributed by atoms with Crippen molar-refractivity contribution in [3.05, 3.63) is 36.5 Å². The summed E-state index contributed by atoms with van der Waals surface area (Å²) in [5, 5.41) is 3.02. The molecule has 0 spiro atoms. The van der Waals surface area contributed by atoms with Gasteiger partial charge in [-0.15, -0.1) is 0 Å². The minimum atomic E-state index is 0.197. The smallest absolute Gasteiger partial charge is 0.227 e. The number of allylic oxidation sites excluding steroid dienone is 3. The van der Waals surface area contributed by atoms with Crippen LogP contribution >= 0.6 is 0 Å². The molecule has 19 heavy (non-hydrogen) atoms. The lowest BCUT2D eigenvalue weighted by molar-refractivity contribution is 1.11. The molecule has 0 fully saturated rings. The summed E-state index contributed by atoms with van der Waals surface area (Å²) in [6.45, 7) is 9.56. The Morgan fingerprint density at radius 2 is 2.00 bits per heavy atom. The molecule has 1 heterocycles. The first kappa shape index (κ1) is 14.4. The molecule has 0 aromatic carbocycles. The van der Waals surface area contributed by atoms with Crippen molar-refractivity contribution in [2.75, 3.05) is 23.3 Å². The zero-order chi connectivity index (χ0) is 14.3. The van der Waals surface area contributed by atoms with Gasteiger partial charge >= 0.3 is 0 Å². The fourth-order valence-corrected chi connectivity index (χ4v) is 1.33. The van der Waals surface area contributed by atoms with Gasteiger partial charge in [-0.1, -0.05) is 30.9 Å². The normalized spacial score (nSPS) is 11.5. The summed E-state index contributed by atoms with van der Waals surface area (Å²) in [4.78, 5) is 11.8. The average Bonchev–Trinajstić information content (AvgIpc) is 2.38. The molecule has 0 atom stereocenters. The molecule has 0 amide bonds. The van der Waals surface area contributed by atoms with Gasteiger partial charge in [0.25, 0.3) is 0 Å². The SMILES string of the molecule is C=C/C(=C\C=C/C)CNc1nc(N)c(N=C)c(N)n1. The van der Waals surface area contributed by atoms with Crippen LogP contribution in [0.25, 0.3) is 0 Å². The van der Waals surface area contributed by atoms with Gasteiger partial charge in [0.2, 0.25) is 5.95 Å². The minimum Gasteiger partial charge on any atom is -0.382 e. The Labute approximate surface area is 112 Å². The fourth-order valence-electron chi connectivity index (χ4n) is 1.33. The highest BCUT2D eigenvalue weighted by atomic mass is 15.2. The summed E-state index contributed by atoms with van der Waals surface area (Å²) in [7, 11) is 0. The summed E-state index contributed by atoms with van der Waals surface area (Å²) >= 11 is 0.